The monoisotopic (exact) mass is 554 g/mol. The number of nitrogens with one attached hydrogen (secondary N) is 1. The number of hydrogen-bond acceptors (Lipinski definition) is 7. The molecular formula is C21H16Cl2N4O6S2. The molecule has 0 fully saturated rings. The maximum Gasteiger partial charge on any atom is 0.262 e. The molecule has 1 heterocycles. The molecule has 0 aliphatic rings. The average molecular weight is 555 g/mol. The normalized spacial score (nSPS) is 11.5. The highest BCUT2D eigenvalue weighted by Crippen LogP contribution is 2.34. The van der Waals surface area contributed by atoms with Crippen molar-refractivity contribution < 1.29 is 26.4 Å². The van der Waals surface area contributed by atoms with Gasteiger partial charge >= 0.3 is 0 Å². The second-order valence-corrected chi connectivity index (χ2v) is 11.3. The number of primary sulfonamides is 1. The molecule has 0 aliphatic carbocycles. The Morgan fingerprint density at radius 3 is 2.43 bits per heavy atom. The molecule has 2 aromatic carbocycles. The number of aromatic nitrogens is 1. The summed E-state index contributed by atoms with van der Waals surface area (Å²) in [6.07, 6.45) is 0. The Bertz CT molecular complexity index is 1590. The lowest BCUT2D eigenvalue weighted by atomic mass is 10.3. The number of nitrogens with two attached hydrogens (primary N) is 1. The number of sulfonamides is 1. The highest BCUT2D eigenvalue weighted by atomic mass is 35.5. The minimum atomic E-state index is -4.23. The number of anilines is 1. The molecule has 0 atom stereocenters. The summed E-state index contributed by atoms with van der Waals surface area (Å²) in [5, 5.41) is 7.33. The van der Waals surface area contributed by atoms with Crippen LogP contribution < -0.4 is 15.2 Å². The van der Waals surface area contributed by atoms with Crippen molar-refractivity contribution >= 4 is 60.3 Å². The molecular weight excluding hydrogens is 539 g/mol. The third-order valence-corrected chi connectivity index (χ3v) is 7.49. The van der Waals surface area contributed by atoms with Crippen LogP contribution >= 0.6 is 23.2 Å². The van der Waals surface area contributed by atoms with E-state index >= 15 is 0 Å². The number of nitrogens with zero attached hydrogens (tertiary/aromatic N) is 2. The Hall–Kier alpha value is -3.21. The van der Waals surface area contributed by atoms with Crippen LogP contribution in [0.2, 0.25) is 10.0 Å². The third-order valence-electron chi connectivity index (χ3n) is 4.48. The van der Waals surface area contributed by atoms with Crippen molar-refractivity contribution in [3.63, 3.8) is 0 Å². The summed E-state index contributed by atoms with van der Waals surface area (Å²) < 4.78 is 54.8. The van der Waals surface area contributed by atoms with Crippen molar-refractivity contribution in [2.75, 3.05) is 11.9 Å². The first-order chi connectivity index (χ1) is 16.3. The molecule has 1 amide bonds. The number of carbonyl (C=O) groups is 1. The number of rotatable bonds is 7. The molecule has 14 heteroatoms. The van der Waals surface area contributed by atoms with E-state index < -0.39 is 32.4 Å². The Labute approximate surface area is 211 Å². The van der Waals surface area contributed by atoms with Gasteiger partial charge in [-0.05, 0) is 55.5 Å². The van der Waals surface area contributed by atoms with E-state index in [0.29, 0.717) is 0 Å². The molecule has 0 aliphatic heterocycles. The number of amides is 1. The van der Waals surface area contributed by atoms with E-state index in [9.17, 15) is 21.6 Å². The van der Waals surface area contributed by atoms with Gasteiger partial charge in [0.2, 0.25) is 9.84 Å². The van der Waals surface area contributed by atoms with Crippen molar-refractivity contribution in [2.45, 2.75) is 21.7 Å². The summed E-state index contributed by atoms with van der Waals surface area (Å²) in [7, 11) is -8.24. The van der Waals surface area contributed by atoms with Crippen molar-refractivity contribution in [3.05, 3.63) is 75.7 Å². The number of benzene rings is 2. The van der Waals surface area contributed by atoms with E-state index in [1.807, 2.05) is 0 Å². The highest BCUT2D eigenvalue weighted by molar-refractivity contribution is 7.91. The van der Waals surface area contributed by atoms with Crippen LogP contribution in [-0.2, 0) is 24.7 Å². The van der Waals surface area contributed by atoms with Gasteiger partial charge in [-0.25, -0.2) is 31.8 Å². The van der Waals surface area contributed by atoms with Gasteiger partial charge in [-0.15, -0.1) is 0 Å². The van der Waals surface area contributed by atoms with E-state index in [4.69, 9.17) is 39.6 Å². The molecule has 10 nitrogen and oxygen atoms in total. The van der Waals surface area contributed by atoms with Crippen LogP contribution in [-0.4, -0.2) is 34.3 Å². The number of sulfone groups is 1. The third kappa shape index (κ3) is 6.27. The minimum Gasteiger partial charge on any atom is -0.482 e. The van der Waals surface area contributed by atoms with Crippen LogP contribution in [0, 0.1) is 13.5 Å². The number of halogens is 2. The topological polar surface area (TPSA) is 150 Å². The van der Waals surface area contributed by atoms with Gasteiger partial charge in [0.05, 0.1) is 22.8 Å². The predicted octanol–water partition coefficient (Wildman–Crippen LogP) is 3.75. The number of aryl methyl sites for hydroxylation is 1. The second kappa shape index (κ2) is 10.2. The molecule has 0 spiro atoms. The first-order valence-electron chi connectivity index (χ1n) is 9.47. The highest BCUT2D eigenvalue weighted by Gasteiger charge is 2.24. The zero-order chi connectivity index (χ0) is 26.0. The molecule has 0 radical (unpaired) electrons. The lowest BCUT2D eigenvalue weighted by Crippen LogP contribution is -2.22. The van der Waals surface area contributed by atoms with Crippen LogP contribution in [0.5, 0.6) is 5.75 Å². The van der Waals surface area contributed by atoms with Gasteiger partial charge in [-0.2, -0.15) is 0 Å². The van der Waals surface area contributed by atoms with Gasteiger partial charge in [0.15, 0.2) is 17.3 Å². The van der Waals surface area contributed by atoms with Crippen LogP contribution in [0.4, 0.5) is 11.4 Å². The molecule has 3 aromatic rings. The lowest BCUT2D eigenvalue weighted by Gasteiger charge is -2.14. The number of carbonyl (C=O) groups excluding carboxylic acids is 1. The van der Waals surface area contributed by atoms with Crippen LogP contribution in [0.25, 0.3) is 4.85 Å². The maximum absolute atomic E-state index is 13.3. The first-order valence-corrected chi connectivity index (χ1v) is 13.3. The van der Waals surface area contributed by atoms with E-state index in [-0.39, 0.29) is 47.7 Å². The van der Waals surface area contributed by atoms with Crippen molar-refractivity contribution in [1.82, 2.24) is 4.98 Å². The fourth-order valence-corrected chi connectivity index (χ4v) is 5.40. The minimum absolute atomic E-state index is 0.0254. The standard InChI is InChI=1S/C21H16Cl2N4O6S2/c1-12-17(4-6-21(26-12)35(24,31)32)27-20(28)11-33-18-5-3-13(22)9-19(18)34(29,30)16-8-14(23)7-15(10-16)25-2/h3-10H,11H2,1H3,(H,27,28)(H2,24,31,32). The molecule has 3 N–H and O–H groups in total. The molecule has 0 saturated carbocycles. The molecule has 0 unspecified atom stereocenters. The van der Waals surface area contributed by atoms with Crippen LogP contribution in [0.1, 0.15) is 5.69 Å². The SMILES string of the molecule is [C-]#[N+]c1cc(Cl)cc(S(=O)(=O)c2cc(Cl)ccc2OCC(=O)Nc2ccc(S(N)(=O)=O)nc2C)c1. The molecule has 35 heavy (non-hydrogen) atoms. The summed E-state index contributed by atoms with van der Waals surface area (Å²) >= 11 is 12.0. The molecule has 1 aromatic heterocycles. The van der Waals surface area contributed by atoms with Crippen molar-refractivity contribution in [1.29, 1.82) is 0 Å². The van der Waals surface area contributed by atoms with Gasteiger partial charge in [-0.3, -0.25) is 4.79 Å². The zero-order valence-corrected chi connectivity index (χ0v) is 21.0. The fourth-order valence-electron chi connectivity index (χ4n) is 2.86. The molecule has 0 bridgehead atoms. The van der Waals surface area contributed by atoms with Gasteiger partial charge in [0.1, 0.15) is 10.6 Å². The largest absolute Gasteiger partial charge is 0.482 e. The predicted molar refractivity (Wildman–Crippen MR) is 129 cm³/mol. The van der Waals surface area contributed by atoms with E-state index in [0.717, 1.165) is 18.2 Å². The summed E-state index contributed by atoms with van der Waals surface area (Å²) in [4.78, 5) is 18.9. The summed E-state index contributed by atoms with van der Waals surface area (Å²) in [6, 6.07) is 9.93. The van der Waals surface area contributed by atoms with Gasteiger partial charge < -0.3 is 10.1 Å². The van der Waals surface area contributed by atoms with Gasteiger partial charge in [-0.1, -0.05) is 23.2 Å². The Balaban J connectivity index is 1.85. The first kappa shape index (κ1) is 26.4. The second-order valence-electron chi connectivity index (χ2n) is 7.02. The average Bonchev–Trinajstić information content (AvgIpc) is 2.78. The Morgan fingerprint density at radius 1 is 1.09 bits per heavy atom. The Kier molecular flexibility index (Phi) is 7.68. The van der Waals surface area contributed by atoms with Crippen molar-refractivity contribution in [2.24, 2.45) is 5.14 Å². The maximum atomic E-state index is 13.3. The van der Waals surface area contributed by atoms with E-state index in [1.54, 1.807) is 0 Å². The molecule has 182 valence electrons. The smallest absolute Gasteiger partial charge is 0.262 e. The fraction of sp³-hybridized carbons (Fsp3) is 0.0952. The van der Waals surface area contributed by atoms with E-state index in [1.165, 1.54) is 37.3 Å². The number of ether oxygens (including phenoxy) is 1. The molecule has 0 saturated heterocycles. The summed E-state index contributed by atoms with van der Waals surface area (Å²) in [5.41, 5.74) is 0.425. The van der Waals surface area contributed by atoms with Crippen molar-refractivity contribution in [3.8, 4) is 5.75 Å². The lowest BCUT2D eigenvalue weighted by molar-refractivity contribution is -0.118. The van der Waals surface area contributed by atoms with Crippen LogP contribution in [0.3, 0.4) is 0 Å². The quantitative estimate of drug-likeness (QED) is 0.422. The number of hydrogen-bond donors (Lipinski definition) is 2. The van der Waals surface area contributed by atoms with Crippen LogP contribution in [0.15, 0.2) is 63.3 Å². The van der Waals surface area contributed by atoms with E-state index in [2.05, 4.69) is 15.1 Å². The van der Waals surface area contributed by atoms with Gasteiger partial charge in [0, 0.05) is 10.0 Å². The molecule has 3 rings (SSSR count). The van der Waals surface area contributed by atoms with Gasteiger partial charge in [0.25, 0.3) is 15.9 Å². The Morgan fingerprint density at radius 2 is 1.80 bits per heavy atom. The summed E-state index contributed by atoms with van der Waals surface area (Å²) in [6.45, 7) is 8.00. The zero-order valence-electron chi connectivity index (χ0n) is 17.8. The number of pyridine rings is 1. The summed E-state index contributed by atoms with van der Waals surface area (Å²) in [5.74, 6) is -0.831.